The number of esters is 1. The zero-order chi connectivity index (χ0) is 18.5. The quantitative estimate of drug-likeness (QED) is 0.421. The highest BCUT2D eigenvalue weighted by atomic mass is 32.1. The molecule has 0 aromatic carbocycles. The van der Waals surface area contributed by atoms with Gasteiger partial charge in [0.2, 0.25) is 5.78 Å². The number of ketones is 1. The molecule has 138 valence electrons. The SMILES string of the molecule is Cc1cc(C(=O)COC(=O)/C=C/c2cccs2)c(C)n1CC1CCCO1. The van der Waals surface area contributed by atoms with E-state index in [1.807, 2.05) is 37.4 Å². The molecule has 1 atom stereocenters. The Morgan fingerprint density at radius 2 is 2.27 bits per heavy atom. The number of hydrogen-bond donors (Lipinski definition) is 0. The van der Waals surface area contributed by atoms with Crippen molar-refractivity contribution in [3.63, 3.8) is 0 Å². The lowest BCUT2D eigenvalue weighted by atomic mass is 10.1. The van der Waals surface area contributed by atoms with E-state index in [9.17, 15) is 9.59 Å². The van der Waals surface area contributed by atoms with Crippen LogP contribution in [0.15, 0.2) is 29.7 Å². The Hall–Kier alpha value is -2.18. The van der Waals surface area contributed by atoms with Crippen molar-refractivity contribution in [1.29, 1.82) is 0 Å². The van der Waals surface area contributed by atoms with E-state index in [0.717, 1.165) is 42.3 Å². The maximum Gasteiger partial charge on any atom is 0.331 e. The topological polar surface area (TPSA) is 57.5 Å². The number of hydrogen-bond acceptors (Lipinski definition) is 5. The molecule has 1 aliphatic rings. The average Bonchev–Trinajstić information content (AvgIpc) is 3.37. The second-order valence-corrected chi connectivity index (χ2v) is 7.39. The Kier molecular flexibility index (Phi) is 6.06. The van der Waals surface area contributed by atoms with Crippen LogP contribution >= 0.6 is 11.3 Å². The van der Waals surface area contributed by atoms with Gasteiger partial charge in [0.1, 0.15) is 0 Å². The van der Waals surface area contributed by atoms with Crippen molar-refractivity contribution in [2.24, 2.45) is 0 Å². The molecule has 6 heteroatoms. The van der Waals surface area contributed by atoms with Crippen molar-refractivity contribution in [2.45, 2.75) is 39.3 Å². The number of thiophene rings is 1. The molecule has 0 spiro atoms. The second-order valence-electron chi connectivity index (χ2n) is 6.41. The van der Waals surface area contributed by atoms with Gasteiger partial charge in [-0.3, -0.25) is 4.79 Å². The predicted octanol–water partition coefficient (Wildman–Crippen LogP) is 3.78. The summed E-state index contributed by atoms with van der Waals surface area (Å²) in [5.74, 6) is -0.700. The number of carbonyl (C=O) groups excluding carboxylic acids is 2. The van der Waals surface area contributed by atoms with E-state index in [4.69, 9.17) is 9.47 Å². The fourth-order valence-electron chi connectivity index (χ4n) is 3.16. The third kappa shape index (κ3) is 4.51. The van der Waals surface area contributed by atoms with Crippen LogP contribution < -0.4 is 0 Å². The third-order valence-electron chi connectivity index (χ3n) is 4.56. The molecule has 1 aliphatic heterocycles. The van der Waals surface area contributed by atoms with Gasteiger partial charge >= 0.3 is 5.97 Å². The van der Waals surface area contributed by atoms with E-state index >= 15 is 0 Å². The number of Topliss-reactive ketones (excluding diaryl/α,β-unsaturated/α-hetero) is 1. The summed E-state index contributed by atoms with van der Waals surface area (Å²) in [6.07, 6.45) is 5.38. The summed E-state index contributed by atoms with van der Waals surface area (Å²) >= 11 is 1.53. The van der Waals surface area contributed by atoms with E-state index in [1.165, 1.54) is 17.4 Å². The van der Waals surface area contributed by atoms with Crippen LogP contribution in [0.1, 0.15) is 39.5 Å². The molecule has 0 aliphatic carbocycles. The molecule has 2 aromatic heterocycles. The minimum atomic E-state index is -0.514. The van der Waals surface area contributed by atoms with E-state index in [2.05, 4.69) is 4.57 Å². The van der Waals surface area contributed by atoms with Crippen LogP contribution in [0.25, 0.3) is 6.08 Å². The van der Waals surface area contributed by atoms with Gasteiger partial charge < -0.3 is 14.0 Å². The normalized spacial score (nSPS) is 17.1. The Morgan fingerprint density at radius 1 is 1.42 bits per heavy atom. The Balaban J connectivity index is 1.58. The molecule has 2 aromatic rings. The van der Waals surface area contributed by atoms with Crippen LogP contribution in [-0.4, -0.2) is 35.6 Å². The van der Waals surface area contributed by atoms with Crippen LogP contribution in [0, 0.1) is 13.8 Å². The highest BCUT2D eigenvalue weighted by Crippen LogP contribution is 2.20. The predicted molar refractivity (Wildman–Crippen MR) is 102 cm³/mol. The smallest absolute Gasteiger partial charge is 0.331 e. The van der Waals surface area contributed by atoms with E-state index in [0.29, 0.717) is 5.56 Å². The van der Waals surface area contributed by atoms with E-state index < -0.39 is 5.97 Å². The first kappa shape index (κ1) is 18.6. The first-order chi connectivity index (χ1) is 12.5. The summed E-state index contributed by atoms with van der Waals surface area (Å²) in [6, 6.07) is 5.68. The number of carbonyl (C=O) groups is 2. The Bertz CT molecular complexity index is 798. The molecule has 1 fully saturated rings. The summed E-state index contributed by atoms with van der Waals surface area (Å²) < 4.78 is 12.9. The van der Waals surface area contributed by atoms with E-state index in [1.54, 1.807) is 6.08 Å². The molecule has 0 radical (unpaired) electrons. The molecule has 1 unspecified atom stereocenters. The maximum absolute atomic E-state index is 12.5. The lowest BCUT2D eigenvalue weighted by Gasteiger charge is -2.14. The van der Waals surface area contributed by atoms with Crippen LogP contribution in [0.2, 0.25) is 0 Å². The van der Waals surface area contributed by atoms with Crippen LogP contribution in [-0.2, 0) is 20.8 Å². The molecule has 1 saturated heterocycles. The van der Waals surface area contributed by atoms with Crippen molar-refractivity contribution in [3.05, 3.63) is 51.5 Å². The van der Waals surface area contributed by atoms with Crippen molar-refractivity contribution in [3.8, 4) is 0 Å². The number of aryl methyl sites for hydroxylation is 1. The first-order valence-electron chi connectivity index (χ1n) is 8.74. The largest absolute Gasteiger partial charge is 0.454 e. The summed E-state index contributed by atoms with van der Waals surface area (Å²) in [6.45, 7) is 5.22. The van der Waals surface area contributed by atoms with Gasteiger partial charge in [0, 0.05) is 41.1 Å². The Labute approximate surface area is 157 Å². The highest BCUT2D eigenvalue weighted by molar-refractivity contribution is 7.10. The van der Waals surface area contributed by atoms with Crippen LogP contribution in [0.5, 0.6) is 0 Å². The molecule has 0 N–H and O–H groups in total. The molecular weight excluding hydrogens is 350 g/mol. The van der Waals surface area contributed by atoms with Crippen molar-refractivity contribution < 1.29 is 19.1 Å². The summed E-state index contributed by atoms with van der Waals surface area (Å²) in [7, 11) is 0. The highest BCUT2D eigenvalue weighted by Gasteiger charge is 2.21. The molecule has 3 heterocycles. The molecule has 0 amide bonds. The molecular formula is C20H23NO4S. The molecule has 0 bridgehead atoms. The number of rotatable bonds is 7. The fraction of sp³-hybridized carbons (Fsp3) is 0.400. The standard InChI is InChI=1S/C20H23NO4S/c1-14-11-18(15(2)21(14)12-16-5-3-9-24-16)19(22)13-25-20(23)8-7-17-6-4-10-26-17/h4,6-8,10-11,16H,3,5,9,12-13H2,1-2H3/b8-7+. The number of aromatic nitrogens is 1. The van der Waals surface area contributed by atoms with Gasteiger partial charge in [-0.2, -0.15) is 0 Å². The third-order valence-corrected chi connectivity index (χ3v) is 5.39. The van der Waals surface area contributed by atoms with Gasteiger partial charge in [-0.1, -0.05) is 6.07 Å². The Morgan fingerprint density at radius 3 is 2.96 bits per heavy atom. The molecule has 3 rings (SSSR count). The van der Waals surface area contributed by atoms with Crippen LogP contribution in [0.3, 0.4) is 0 Å². The van der Waals surface area contributed by atoms with Gasteiger partial charge in [0.25, 0.3) is 0 Å². The first-order valence-corrected chi connectivity index (χ1v) is 9.62. The number of ether oxygens (including phenoxy) is 2. The molecule has 0 saturated carbocycles. The second kappa shape index (κ2) is 8.47. The fourth-order valence-corrected chi connectivity index (χ4v) is 3.77. The van der Waals surface area contributed by atoms with Crippen molar-refractivity contribution >= 4 is 29.2 Å². The van der Waals surface area contributed by atoms with Crippen LogP contribution in [0.4, 0.5) is 0 Å². The van der Waals surface area contributed by atoms with Gasteiger partial charge in [-0.05, 0) is 50.3 Å². The lowest BCUT2D eigenvalue weighted by Crippen LogP contribution is -2.18. The van der Waals surface area contributed by atoms with Crippen molar-refractivity contribution in [1.82, 2.24) is 4.57 Å². The van der Waals surface area contributed by atoms with E-state index in [-0.39, 0.29) is 18.5 Å². The molecule has 26 heavy (non-hydrogen) atoms. The minimum absolute atomic E-state index is 0.186. The zero-order valence-corrected chi connectivity index (χ0v) is 15.9. The maximum atomic E-state index is 12.5. The lowest BCUT2D eigenvalue weighted by molar-refractivity contribution is -0.136. The van der Waals surface area contributed by atoms with Gasteiger partial charge in [-0.25, -0.2) is 4.79 Å². The minimum Gasteiger partial charge on any atom is -0.454 e. The summed E-state index contributed by atoms with van der Waals surface area (Å²) in [5.41, 5.74) is 2.52. The monoisotopic (exact) mass is 373 g/mol. The van der Waals surface area contributed by atoms with Gasteiger partial charge in [0.15, 0.2) is 6.61 Å². The van der Waals surface area contributed by atoms with Gasteiger partial charge in [-0.15, -0.1) is 11.3 Å². The van der Waals surface area contributed by atoms with Crippen molar-refractivity contribution in [2.75, 3.05) is 13.2 Å². The van der Waals surface area contributed by atoms with Gasteiger partial charge in [0.05, 0.1) is 6.10 Å². The average molecular weight is 373 g/mol. The zero-order valence-electron chi connectivity index (χ0n) is 15.1. The molecule has 5 nitrogen and oxygen atoms in total. The summed E-state index contributed by atoms with van der Waals surface area (Å²) in [4.78, 5) is 25.2. The summed E-state index contributed by atoms with van der Waals surface area (Å²) in [5, 5.41) is 1.93. The number of nitrogens with zero attached hydrogens (tertiary/aromatic N) is 1.